The van der Waals surface area contributed by atoms with Gasteiger partial charge in [0.25, 0.3) is 5.91 Å². The zero-order chi connectivity index (χ0) is 26.9. The first-order valence-corrected chi connectivity index (χ1v) is 13.8. The Morgan fingerprint density at radius 1 is 1.03 bits per heavy atom. The zero-order valence-electron chi connectivity index (χ0n) is 21.5. The number of phenolic OH excluding ortho intramolecular Hbond substituents is 1. The molecule has 2 amide bonds. The predicted molar refractivity (Wildman–Crippen MR) is 155 cm³/mol. The van der Waals surface area contributed by atoms with E-state index in [1.807, 2.05) is 67.6 Å². The standard InChI is InChI=1S/C31H28N4O3S/c1-19-7-2-3-9-22(19)18-32-31(38)35-26(20-10-6-11-20)17-25(34-35)24-14-13-23(16-27(24)36)33-30(37)29-15-21-8-4-5-12-28(21)39-29/h2-5,7-9,12-17,20,36H,6,10-11,18H2,1H3,(H,32,38)(H,33,37). The van der Waals surface area contributed by atoms with Gasteiger partial charge in [0.15, 0.2) is 0 Å². The van der Waals surface area contributed by atoms with Gasteiger partial charge in [0.05, 0.1) is 16.3 Å². The fourth-order valence-electron chi connectivity index (χ4n) is 4.85. The third-order valence-corrected chi connectivity index (χ3v) is 8.44. The van der Waals surface area contributed by atoms with Crippen molar-refractivity contribution in [2.24, 2.45) is 0 Å². The van der Waals surface area contributed by atoms with E-state index in [1.165, 1.54) is 22.1 Å². The Kier molecular flexibility index (Phi) is 6.62. The summed E-state index contributed by atoms with van der Waals surface area (Å²) in [5.41, 5.74) is 4.51. The zero-order valence-corrected chi connectivity index (χ0v) is 22.3. The van der Waals surface area contributed by atoms with E-state index >= 15 is 0 Å². The lowest BCUT2D eigenvalue weighted by atomic mass is 9.82. The lowest BCUT2D eigenvalue weighted by molar-refractivity contribution is 0.103. The van der Waals surface area contributed by atoms with Crippen LogP contribution in [0.1, 0.15) is 51.7 Å². The van der Waals surface area contributed by atoms with Crippen molar-refractivity contribution >= 4 is 39.0 Å². The number of phenols is 1. The number of aromatic hydroxyl groups is 1. The molecule has 3 N–H and O–H groups in total. The summed E-state index contributed by atoms with van der Waals surface area (Å²) in [7, 11) is 0. The molecule has 0 aliphatic heterocycles. The number of hydrogen-bond acceptors (Lipinski definition) is 5. The second kappa shape index (κ2) is 10.4. The third-order valence-electron chi connectivity index (χ3n) is 7.32. The molecule has 0 bridgehead atoms. The van der Waals surface area contributed by atoms with Crippen LogP contribution in [0.5, 0.6) is 5.75 Å². The SMILES string of the molecule is Cc1ccccc1CNC(=O)n1nc(-c2ccc(NC(=O)c3cc4ccccc4s3)cc2O)cc1C1CCC1. The molecule has 5 aromatic rings. The molecule has 2 heterocycles. The average Bonchev–Trinajstić information content (AvgIpc) is 3.52. The number of rotatable bonds is 6. The maximum absolute atomic E-state index is 13.2. The third kappa shape index (κ3) is 5.03. The van der Waals surface area contributed by atoms with Gasteiger partial charge < -0.3 is 15.7 Å². The van der Waals surface area contributed by atoms with Gasteiger partial charge in [-0.25, -0.2) is 4.79 Å². The minimum atomic E-state index is -0.293. The van der Waals surface area contributed by atoms with Crippen LogP contribution in [-0.4, -0.2) is 26.8 Å². The molecule has 0 spiro atoms. The van der Waals surface area contributed by atoms with Gasteiger partial charge in [-0.3, -0.25) is 4.79 Å². The number of anilines is 1. The maximum Gasteiger partial charge on any atom is 0.342 e. The molecular formula is C31H28N4O3S. The number of carbonyl (C=O) groups is 2. The van der Waals surface area contributed by atoms with Gasteiger partial charge in [-0.05, 0) is 66.6 Å². The number of nitrogens with zero attached hydrogens (tertiary/aromatic N) is 2. The number of aromatic nitrogens is 2. The van der Waals surface area contributed by atoms with E-state index in [9.17, 15) is 14.7 Å². The smallest absolute Gasteiger partial charge is 0.342 e. The quantitative estimate of drug-likeness (QED) is 0.217. The summed E-state index contributed by atoms with van der Waals surface area (Å²) in [4.78, 5) is 26.6. The molecule has 0 unspecified atom stereocenters. The van der Waals surface area contributed by atoms with Crippen LogP contribution >= 0.6 is 11.3 Å². The van der Waals surface area contributed by atoms with Crippen LogP contribution in [0.3, 0.4) is 0 Å². The molecule has 0 saturated heterocycles. The van der Waals surface area contributed by atoms with Crippen LogP contribution in [-0.2, 0) is 6.54 Å². The Morgan fingerprint density at radius 3 is 2.56 bits per heavy atom. The van der Waals surface area contributed by atoms with Crippen molar-refractivity contribution in [1.29, 1.82) is 0 Å². The molecule has 3 aromatic carbocycles. The first-order chi connectivity index (χ1) is 19.0. The number of thiophene rings is 1. The summed E-state index contributed by atoms with van der Waals surface area (Å²) in [6, 6.07) is 24.2. The number of hydrogen-bond donors (Lipinski definition) is 3. The van der Waals surface area contributed by atoms with Gasteiger partial charge in [0.2, 0.25) is 0 Å². The summed E-state index contributed by atoms with van der Waals surface area (Å²) in [6.07, 6.45) is 3.13. The topological polar surface area (TPSA) is 96.3 Å². The van der Waals surface area contributed by atoms with E-state index in [2.05, 4.69) is 15.7 Å². The summed E-state index contributed by atoms with van der Waals surface area (Å²) in [5.74, 6) is 0.0111. The van der Waals surface area contributed by atoms with Gasteiger partial charge in [0, 0.05) is 34.5 Å². The first-order valence-electron chi connectivity index (χ1n) is 13.0. The van der Waals surface area contributed by atoms with Gasteiger partial charge in [-0.2, -0.15) is 9.78 Å². The fourth-order valence-corrected chi connectivity index (χ4v) is 5.81. The molecule has 7 nitrogen and oxygen atoms in total. The molecule has 1 fully saturated rings. The Morgan fingerprint density at radius 2 is 1.82 bits per heavy atom. The van der Waals surface area contributed by atoms with E-state index < -0.39 is 0 Å². The van der Waals surface area contributed by atoms with Crippen LogP contribution in [0.25, 0.3) is 21.3 Å². The van der Waals surface area contributed by atoms with Gasteiger partial charge in [-0.1, -0.05) is 48.9 Å². The molecule has 6 rings (SSSR count). The summed E-state index contributed by atoms with van der Waals surface area (Å²) < 4.78 is 2.48. The highest BCUT2D eigenvalue weighted by molar-refractivity contribution is 7.20. The van der Waals surface area contributed by atoms with Crippen molar-refractivity contribution in [3.63, 3.8) is 0 Å². The second-order valence-corrected chi connectivity index (χ2v) is 11.0. The molecule has 8 heteroatoms. The number of fused-ring (bicyclic) bond motifs is 1. The Balaban J connectivity index is 1.22. The van der Waals surface area contributed by atoms with Crippen LogP contribution in [0.15, 0.2) is 78.9 Å². The highest BCUT2D eigenvalue weighted by Gasteiger charge is 2.27. The highest BCUT2D eigenvalue weighted by Crippen LogP contribution is 2.39. The monoisotopic (exact) mass is 536 g/mol. The van der Waals surface area contributed by atoms with E-state index in [1.54, 1.807) is 12.1 Å². The van der Waals surface area contributed by atoms with Crippen molar-refractivity contribution in [3.05, 3.63) is 101 Å². The summed E-state index contributed by atoms with van der Waals surface area (Å²) >= 11 is 1.42. The van der Waals surface area contributed by atoms with E-state index in [0.717, 1.165) is 46.2 Å². The van der Waals surface area contributed by atoms with Crippen molar-refractivity contribution in [1.82, 2.24) is 15.1 Å². The normalized spacial score (nSPS) is 13.3. The molecule has 39 heavy (non-hydrogen) atoms. The van der Waals surface area contributed by atoms with Crippen molar-refractivity contribution in [2.75, 3.05) is 5.32 Å². The molecule has 1 aliphatic carbocycles. The highest BCUT2D eigenvalue weighted by atomic mass is 32.1. The van der Waals surface area contributed by atoms with Crippen LogP contribution in [0, 0.1) is 6.92 Å². The number of carbonyl (C=O) groups excluding carboxylic acids is 2. The van der Waals surface area contributed by atoms with Crippen LogP contribution < -0.4 is 10.6 Å². The number of amides is 2. The molecular weight excluding hydrogens is 508 g/mol. The first kappa shape index (κ1) is 24.9. The molecule has 1 aliphatic rings. The van der Waals surface area contributed by atoms with Gasteiger partial charge >= 0.3 is 6.03 Å². The van der Waals surface area contributed by atoms with Crippen LogP contribution in [0.2, 0.25) is 0 Å². The summed E-state index contributed by atoms with van der Waals surface area (Å²) in [5, 5.41) is 22.4. The van der Waals surface area contributed by atoms with Crippen LogP contribution in [0.4, 0.5) is 10.5 Å². The molecule has 0 atom stereocenters. The van der Waals surface area contributed by atoms with E-state index in [0.29, 0.717) is 28.4 Å². The van der Waals surface area contributed by atoms with E-state index in [4.69, 9.17) is 0 Å². The lowest BCUT2D eigenvalue weighted by Crippen LogP contribution is -2.31. The Bertz CT molecular complexity index is 1670. The minimum Gasteiger partial charge on any atom is -0.507 e. The lowest BCUT2D eigenvalue weighted by Gasteiger charge is -2.25. The maximum atomic E-state index is 13.2. The molecule has 2 aromatic heterocycles. The largest absolute Gasteiger partial charge is 0.507 e. The Hall–Kier alpha value is -4.43. The van der Waals surface area contributed by atoms with Crippen molar-refractivity contribution in [3.8, 4) is 17.0 Å². The van der Waals surface area contributed by atoms with Crippen molar-refractivity contribution in [2.45, 2.75) is 38.6 Å². The summed E-state index contributed by atoms with van der Waals surface area (Å²) in [6.45, 7) is 2.43. The number of aryl methyl sites for hydroxylation is 1. The number of nitrogens with one attached hydrogen (secondary N) is 2. The number of benzene rings is 3. The predicted octanol–water partition coefficient (Wildman–Crippen LogP) is 7.06. The van der Waals surface area contributed by atoms with E-state index in [-0.39, 0.29) is 23.6 Å². The van der Waals surface area contributed by atoms with Gasteiger partial charge in [-0.15, -0.1) is 11.3 Å². The molecule has 1 saturated carbocycles. The fraction of sp³-hybridized carbons (Fsp3) is 0.194. The molecule has 196 valence electrons. The molecule has 0 radical (unpaired) electrons. The second-order valence-electron chi connectivity index (χ2n) is 9.91. The van der Waals surface area contributed by atoms with Crippen molar-refractivity contribution < 1.29 is 14.7 Å². The Labute approximate surface area is 230 Å². The average molecular weight is 537 g/mol. The minimum absolute atomic E-state index is 0.0192. The van der Waals surface area contributed by atoms with Gasteiger partial charge in [0.1, 0.15) is 5.75 Å².